The van der Waals surface area contributed by atoms with Crippen molar-refractivity contribution in [3.05, 3.63) is 29.8 Å². The summed E-state index contributed by atoms with van der Waals surface area (Å²) < 4.78 is 5.31. The topological polar surface area (TPSA) is 73.6 Å². The summed E-state index contributed by atoms with van der Waals surface area (Å²) in [6, 6.07) is 9.59. The number of aryl methyl sites for hydroxylation is 1. The minimum atomic E-state index is -0.152. The molecule has 1 heterocycles. The maximum atomic E-state index is 12.5. The molecule has 0 spiro atoms. The minimum absolute atomic E-state index is 0.0930. The van der Waals surface area contributed by atoms with Crippen LogP contribution in [0.4, 0.5) is 0 Å². The highest BCUT2D eigenvalue weighted by Gasteiger charge is 2.21. The van der Waals surface area contributed by atoms with Gasteiger partial charge in [-0.2, -0.15) is 5.26 Å². The molecule has 0 radical (unpaired) electrons. The maximum absolute atomic E-state index is 12.5. The van der Waals surface area contributed by atoms with E-state index in [1.54, 1.807) is 12.0 Å². The number of hydrogen-bond donors (Lipinski definition) is 0. The predicted octanol–water partition coefficient (Wildman–Crippen LogP) is 1.60. The fourth-order valence-electron chi connectivity index (χ4n) is 2.90. The molecule has 128 valence electrons. The summed E-state index contributed by atoms with van der Waals surface area (Å²) in [7, 11) is 1.63. The first-order chi connectivity index (χ1) is 11.7. The summed E-state index contributed by atoms with van der Waals surface area (Å²) in [5.74, 6) is 0.741. The Morgan fingerprint density at radius 1 is 1.12 bits per heavy atom. The largest absolute Gasteiger partial charge is 0.496 e. The van der Waals surface area contributed by atoms with Crippen molar-refractivity contribution >= 4 is 11.8 Å². The lowest BCUT2D eigenvalue weighted by Gasteiger charge is -2.22. The van der Waals surface area contributed by atoms with Crippen molar-refractivity contribution in [3.63, 3.8) is 0 Å². The number of ether oxygens (including phenoxy) is 1. The highest BCUT2D eigenvalue weighted by Crippen LogP contribution is 2.19. The summed E-state index contributed by atoms with van der Waals surface area (Å²) >= 11 is 0. The molecule has 0 N–H and O–H groups in total. The summed E-state index contributed by atoms with van der Waals surface area (Å²) in [4.78, 5) is 27.7. The molecule has 0 aliphatic carbocycles. The van der Waals surface area contributed by atoms with Gasteiger partial charge in [0, 0.05) is 32.6 Å². The van der Waals surface area contributed by atoms with E-state index in [0.717, 1.165) is 17.7 Å². The molecule has 2 amide bonds. The number of amides is 2. The number of hydrogen-bond acceptors (Lipinski definition) is 4. The van der Waals surface area contributed by atoms with Crippen LogP contribution in [-0.2, 0) is 16.0 Å². The molecule has 0 aromatic heterocycles. The van der Waals surface area contributed by atoms with Crippen LogP contribution in [0.5, 0.6) is 5.75 Å². The molecule has 2 rings (SSSR count). The molecule has 1 aliphatic heterocycles. The van der Waals surface area contributed by atoms with Crippen LogP contribution in [0.3, 0.4) is 0 Å². The molecule has 6 heteroatoms. The normalized spacial score (nSPS) is 14.7. The van der Waals surface area contributed by atoms with Gasteiger partial charge in [-0.3, -0.25) is 9.59 Å². The number of methoxy groups -OCH3 is 1. The third kappa shape index (κ3) is 4.72. The van der Waals surface area contributed by atoms with Gasteiger partial charge in [0.2, 0.25) is 11.8 Å². The van der Waals surface area contributed by atoms with Crippen molar-refractivity contribution in [1.29, 1.82) is 5.26 Å². The van der Waals surface area contributed by atoms with Crippen LogP contribution in [0, 0.1) is 11.3 Å². The van der Waals surface area contributed by atoms with Gasteiger partial charge >= 0.3 is 0 Å². The van der Waals surface area contributed by atoms with E-state index in [1.807, 2.05) is 35.2 Å². The average molecular weight is 329 g/mol. The van der Waals surface area contributed by atoms with Crippen LogP contribution in [-0.4, -0.2) is 54.9 Å². The molecule has 1 saturated heterocycles. The number of para-hydroxylation sites is 1. The summed E-state index contributed by atoms with van der Waals surface area (Å²) in [5.41, 5.74) is 1.02. The Balaban J connectivity index is 1.87. The number of nitriles is 1. The number of carbonyl (C=O) groups is 2. The first-order valence-electron chi connectivity index (χ1n) is 8.20. The first-order valence-corrected chi connectivity index (χ1v) is 8.20. The molecular weight excluding hydrogens is 306 g/mol. The Hall–Kier alpha value is -2.55. The zero-order chi connectivity index (χ0) is 17.4. The Morgan fingerprint density at radius 3 is 2.46 bits per heavy atom. The second-order valence-corrected chi connectivity index (χ2v) is 5.76. The number of carbonyl (C=O) groups excluding carboxylic acids is 2. The predicted molar refractivity (Wildman–Crippen MR) is 89.3 cm³/mol. The van der Waals surface area contributed by atoms with Crippen LogP contribution >= 0.6 is 0 Å². The Labute approximate surface area is 142 Å². The zero-order valence-electron chi connectivity index (χ0n) is 14.0. The smallest absolute Gasteiger partial charge is 0.236 e. The van der Waals surface area contributed by atoms with Crippen LogP contribution in [0.25, 0.3) is 0 Å². The van der Waals surface area contributed by atoms with Crippen molar-refractivity contribution in [2.45, 2.75) is 25.7 Å². The average Bonchev–Trinajstić information content (AvgIpc) is 2.86. The van der Waals surface area contributed by atoms with Gasteiger partial charge in [0.1, 0.15) is 12.2 Å². The van der Waals surface area contributed by atoms with E-state index in [2.05, 4.69) is 0 Å². The van der Waals surface area contributed by atoms with Crippen molar-refractivity contribution in [2.24, 2.45) is 0 Å². The van der Waals surface area contributed by atoms with Crippen LogP contribution in [0.15, 0.2) is 24.3 Å². The van der Waals surface area contributed by atoms with E-state index in [4.69, 9.17) is 10.00 Å². The minimum Gasteiger partial charge on any atom is -0.496 e. The van der Waals surface area contributed by atoms with E-state index in [-0.39, 0.29) is 18.2 Å². The third-order valence-electron chi connectivity index (χ3n) is 4.23. The summed E-state index contributed by atoms with van der Waals surface area (Å²) in [5, 5.41) is 8.63. The number of rotatable bonds is 5. The van der Waals surface area contributed by atoms with Gasteiger partial charge < -0.3 is 14.5 Å². The van der Waals surface area contributed by atoms with Gasteiger partial charge in [-0.05, 0) is 24.5 Å². The maximum Gasteiger partial charge on any atom is 0.236 e. The lowest BCUT2D eigenvalue weighted by atomic mass is 10.1. The van der Waals surface area contributed by atoms with Crippen molar-refractivity contribution < 1.29 is 14.3 Å². The van der Waals surface area contributed by atoms with E-state index in [0.29, 0.717) is 39.0 Å². The van der Waals surface area contributed by atoms with E-state index < -0.39 is 0 Å². The SMILES string of the molecule is COc1ccccc1CCC(=O)N1CCCN(C(=O)CC#N)CC1. The van der Waals surface area contributed by atoms with Gasteiger partial charge in [0.15, 0.2) is 0 Å². The van der Waals surface area contributed by atoms with Gasteiger partial charge in [-0.15, -0.1) is 0 Å². The fraction of sp³-hybridized carbons (Fsp3) is 0.500. The lowest BCUT2D eigenvalue weighted by Crippen LogP contribution is -2.37. The number of nitrogens with zero attached hydrogens (tertiary/aromatic N) is 3. The van der Waals surface area contributed by atoms with E-state index in [1.165, 1.54) is 0 Å². The molecule has 0 unspecified atom stereocenters. The third-order valence-corrected chi connectivity index (χ3v) is 4.23. The van der Waals surface area contributed by atoms with Gasteiger partial charge in [-0.1, -0.05) is 18.2 Å². The first kappa shape index (κ1) is 17.8. The Bertz CT molecular complexity index is 624. The molecule has 1 fully saturated rings. The molecule has 1 aromatic rings. The van der Waals surface area contributed by atoms with Gasteiger partial charge in [-0.25, -0.2) is 0 Å². The van der Waals surface area contributed by atoms with Crippen molar-refractivity contribution in [3.8, 4) is 11.8 Å². The Kier molecular flexibility index (Phi) is 6.62. The summed E-state index contributed by atoms with van der Waals surface area (Å²) in [6.07, 6.45) is 1.71. The van der Waals surface area contributed by atoms with Crippen LogP contribution < -0.4 is 4.74 Å². The quantitative estimate of drug-likeness (QED) is 0.822. The van der Waals surface area contributed by atoms with Gasteiger partial charge in [0.25, 0.3) is 0 Å². The zero-order valence-corrected chi connectivity index (χ0v) is 14.0. The van der Waals surface area contributed by atoms with E-state index in [9.17, 15) is 9.59 Å². The van der Waals surface area contributed by atoms with Crippen molar-refractivity contribution in [1.82, 2.24) is 9.80 Å². The fourth-order valence-corrected chi connectivity index (χ4v) is 2.90. The second kappa shape index (κ2) is 8.92. The molecule has 0 atom stereocenters. The standard InChI is InChI=1S/C18H23N3O3/c1-24-16-6-3-2-5-15(16)7-8-17(22)20-11-4-12-21(14-13-20)18(23)9-10-19/h2-3,5-6H,4,7-9,11-14H2,1H3. The van der Waals surface area contributed by atoms with E-state index >= 15 is 0 Å². The lowest BCUT2D eigenvalue weighted by molar-refractivity contribution is -0.133. The highest BCUT2D eigenvalue weighted by atomic mass is 16.5. The molecule has 24 heavy (non-hydrogen) atoms. The van der Waals surface area contributed by atoms with Crippen LogP contribution in [0.1, 0.15) is 24.8 Å². The van der Waals surface area contributed by atoms with Crippen molar-refractivity contribution in [2.75, 3.05) is 33.3 Å². The highest BCUT2D eigenvalue weighted by molar-refractivity contribution is 5.79. The summed E-state index contributed by atoms with van der Waals surface area (Å²) in [6.45, 7) is 2.29. The van der Waals surface area contributed by atoms with Gasteiger partial charge in [0.05, 0.1) is 13.2 Å². The second-order valence-electron chi connectivity index (χ2n) is 5.76. The van der Waals surface area contributed by atoms with Crippen LogP contribution in [0.2, 0.25) is 0 Å². The number of benzene rings is 1. The molecule has 1 aromatic carbocycles. The Morgan fingerprint density at radius 2 is 1.79 bits per heavy atom. The molecule has 0 bridgehead atoms. The molecule has 0 saturated carbocycles. The molecular formula is C18H23N3O3. The monoisotopic (exact) mass is 329 g/mol. The molecule has 1 aliphatic rings. The molecule has 6 nitrogen and oxygen atoms in total.